The predicted octanol–water partition coefficient (Wildman–Crippen LogP) is 4.36. The Labute approximate surface area is 211 Å². The second kappa shape index (κ2) is 9.09. The number of rotatable bonds is 5. The van der Waals surface area contributed by atoms with Crippen LogP contribution >= 0.6 is 0 Å². The molecule has 0 amide bonds. The molecule has 0 aromatic carbocycles. The maximum atomic E-state index is 2.45. The first kappa shape index (κ1) is 20.6. The molecule has 0 N–H and O–H groups in total. The van der Waals surface area contributed by atoms with E-state index in [2.05, 4.69) is 78.2 Å². The van der Waals surface area contributed by atoms with Crippen LogP contribution in [0.5, 0.6) is 0 Å². The fourth-order valence-electron chi connectivity index (χ4n) is 3.62. The van der Waals surface area contributed by atoms with E-state index in [4.69, 9.17) is 0 Å². The second-order valence-corrected chi connectivity index (χ2v) is 18.3. The summed E-state index contributed by atoms with van der Waals surface area (Å²) in [4.78, 5) is 14.5. The molecule has 0 unspecified atom stereocenters. The van der Waals surface area contributed by atoms with E-state index in [9.17, 15) is 0 Å². The average Bonchev–Trinajstić information content (AvgIpc) is 3.60. The molecule has 0 aliphatic heterocycles. The van der Waals surface area contributed by atoms with E-state index in [1.165, 1.54) is 5.56 Å². The van der Waals surface area contributed by atoms with Gasteiger partial charge in [0.05, 0.1) is 0 Å². The Bertz CT molecular complexity index is 1280. The van der Waals surface area contributed by atoms with Gasteiger partial charge in [-0.15, -0.1) is 0 Å². The van der Waals surface area contributed by atoms with Crippen LogP contribution in [0.1, 0.15) is 0 Å². The van der Waals surface area contributed by atoms with Gasteiger partial charge in [-0.25, -0.2) is 0 Å². The molecular formula is C24H14Se6. The Morgan fingerprint density at radius 1 is 0.333 bits per heavy atom. The monoisotopic (exact) mass is 782 g/mol. The van der Waals surface area contributed by atoms with Gasteiger partial charge in [0.1, 0.15) is 0 Å². The normalized spacial score (nSPS) is 11.3. The van der Waals surface area contributed by atoms with Gasteiger partial charge in [-0.2, -0.15) is 0 Å². The second-order valence-electron chi connectivity index (χ2n) is 6.61. The van der Waals surface area contributed by atoms with Crippen molar-refractivity contribution < 1.29 is 0 Å². The van der Waals surface area contributed by atoms with Crippen molar-refractivity contribution in [2.45, 2.75) is 0 Å². The van der Waals surface area contributed by atoms with Crippen molar-refractivity contribution in [3.8, 4) is 48.9 Å². The molecule has 0 atom stereocenters. The third kappa shape index (κ3) is 3.73. The Morgan fingerprint density at radius 2 is 0.767 bits per heavy atom. The molecule has 0 aliphatic carbocycles. The molecule has 146 valence electrons. The van der Waals surface area contributed by atoms with Crippen molar-refractivity contribution in [3.63, 3.8) is 0 Å². The molecule has 6 heterocycles. The van der Waals surface area contributed by atoms with Crippen LogP contribution in [-0.4, -0.2) is 87.0 Å². The van der Waals surface area contributed by atoms with Crippen LogP contribution in [0.15, 0.2) is 78.2 Å². The molecule has 0 aliphatic rings. The Balaban J connectivity index is 1.49. The van der Waals surface area contributed by atoms with Gasteiger partial charge in [0.25, 0.3) is 0 Å². The molecule has 0 saturated carbocycles. The van der Waals surface area contributed by atoms with E-state index >= 15 is 0 Å². The van der Waals surface area contributed by atoms with Crippen LogP contribution in [0.4, 0.5) is 0 Å². The number of hydrogen-bond donors (Lipinski definition) is 0. The fraction of sp³-hybridized carbons (Fsp3) is 0. The molecule has 6 rings (SSSR count). The summed E-state index contributed by atoms with van der Waals surface area (Å²) in [6.45, 7) is 0. The molecule has 0 spiro atoms. The first-order chi connectivity index (χ1) is 14.9. The zero-order valence-corrected chi connectivity index (χ0v) is 25.8. The summed E-state index contributed by atoms with van der Waals surface area (Å²) >= 11 is 2.88. The van der Waals surface area contributed by atoms with Crippen molar-refractivity contribution in [1.82, 2.24) is 0 Å². The summed E-state index contributed by atoms with van der Waals surface area (Å²) in [5.41, 5.74) is 6.20. The molecule has 0 bridgehead atoms. The zero-order valence-electron chi connectivity index (χ0n) is 15.5. The fourth-order valence-corrected chi connectivity index (χ4v) is 16.6. The summed E-state index contributed by atoms with van der Waals surface area (Å²) in [5.74, 6) is 0. The zero-order chi connectivity index (χ0) is 19.9. The first-order valence-electron chi connectivity index (χ1n) is 9.29. The molecule has 6 heteroatoms. The maximum absolute atomic E-state index is 2.45. The van der Waals surface area contributed by atoms with Gasteiger partial charge in [0.15, 0.2) is 0 Å². The van der Waals surface area contributed by atoms with Crippen LogP contribution in [0, 0.1) is 0 Å². The predicted molar refractivity (Wildman–Crippen MR) is 135 cm³/mol. The molecule has 0 radical (unpaired) electrons. The van der Waals surface area contributed by atoms with Crippen molar-refractivity contribution in [2.75, 3.05) is 0 Å². The Hall–Kier alpha value is -0.00312. The average molecular weight is 776 g/mol. The third-order valence-corrected chi connectivity index (χ3v) is 17.3. The summed E-state index contributed by atoms with van der Waals surface area (Å²) in [6.07, 6.45) is 0. The van der Waals surface area contributed by atoms with E-state index < -0.39 is 0 Å². The SMILES string of the molecule is c1c[se]c(-c2cc[se]c2-c2cc[se]c2-c2cc[se]c2-c2cc[se]c2-c2ccc[se]2)c1. The van der Waals surface area contributed by atoms with Crippen LogP contribution in [0.3, 0.4) is 0 Å². The van der Waals surface area contributed by atoms with E-state index in [1.54, 1.807) is 43.3 Å². The van der Waals surface area contributed by atoms with Crippen LogP contribution in [0.25, 0.3) is 48.9 Å². The standard InChI is InChI=1S/C24H14Se6/c1-3-19(25-9-1)15-5-11-27-21(15)16-6-12-28-22(16)17-7-13-29-23(17)18-8-14-30-24(18)20-4-2-10-26-20/h1-14H. The molecular weight excluding hydrogens is 762 g/mol. The Kier molecular flexibility index (Phi) is 6.24. The van der Waals surface area contributed by atoms with E-state index in [0.717, 1.165) is 0 Å². The molecule has 0 fully saturated rings. The van der Waals surface area contributed by atoms with E-state index in [1.807, 2.05) is 0 Å². The van der Waals surface area contributed by atoms with Gasteiger partial charge >= 0.3 is 214 Å². The summed E-state index contributed by atoms with van der Waals surface area (Å²) in [7, 11) is 0. The minimum atomic E-state index is 0.442. The molecule has 0 saturated heterocycles. The summed E-state index contributed by atoms with van der Waals surface area (Å²) < 4.78 is 9.72. The van der Waals surface area contributed by atoms with Gasteiger partial charge in [-0.1, -0.05) is 0 Å². The molecule has 6 aromatic heterocycles. The number of hydrogen-bond acceptors (Lipinski definition) is 0. The quantitative estimate of drug-likeness (QED) is 0.229. The van der Waals surface area contributed by atoms with Crippen LogP contribution in [0.2, 0.25) is 0 Å². The van der Waals surface area contributed by atoms with Gasteiger partial charge in [-0.05, 0) is 0 Å². The van der Waals surface area contributed by atoms with E-state index in [-0.39, 0.29) is 0 Å². The van der Waals surface area contributed by atoms with Crippen LogP contribution < -0.4 is 0 Å². The van der Waals surface area contributed by atoms with Crippen molar-refractivity contribution >= 4 is 87.0 Å². The van der Waals surface area contributed by atoms with Crippen molar-refractivity contribution in [1.29, 1.82) is 0 Å². The van der Waals surface area contributed by atoms with Gasteiger partial charge in [-0.3, -0.25) is 0 Å². The van der Waals surface area contributed by atoms with Gasteiger partial charge in [0.2, 0.25) is 0 Å². The van der Waals surface area contributed by atoms with Gasteiger partial charge < -0.3 is 0 Å². The Morgan fingerprint density at radius 3 is 1.30 bits per heavy atom. The topological polar surface area (TPSA) is 0 Å². The van der Waals surface area contributed by atoms with Crippen LogP contribution in [-0.2, 0) is 0 Å². The summed E-state index contributed by atoms with van der Waals surface area (Å²) in [6, 6.07) is 18.9. The molecule has 6 aromatic rings. The molecule has 0 nitrogen and oxygen atoms in total. The summed E-state index contributed by atoms with van der Waals surface area (Å²) in [5, 5.41) is 0. The molecule has 30 heavy (non-hydrogen) atoms. The first-order valence-corrected chi connectivity index (χ1v) is 20.4. The third-order valence-electron chi connectivity index (χ3n) is 4.93. The van der Waals surface area contributed by atoms with E-state index in [0.29, 0.717) is 87.0 Å². The van der Waals surface area contributed by atoms with Crippen molar-refractivity contribution in [2.24, 2.45) is 0 Å². The van der Waals surface area contributed by atoms with Gasteiger partial charge in [0, 0.05) is 0 Å². The minimum absolute atomic E-state index is 0.442. The van der Waals surface area contributed by atoms with Crippen molar-refractivity contribution in [3.05, 3.63) is 78.2 Å².